The van der Waals surface area contributed by atoms with Gasteiger partial charge in [-0.2, -0.15) is 0 Å². The van der Waals surface area contributed by atoms with E-state index in [1.165, 1.54) is 21.0 Å². The maximum absolute atomic E-state index is 13.3. The molecule has 0 saturated heterocycles. The number of pyridine rings is 1. The Labute approximate surface area is 196 Å². The van der Waals surface area contributed by atoms with Gasteiger partial charge in [-0.25, -0.2) is 17.7 Å². The molecule has 10 heteroatoms. The predicted molar refractivity (Wildman–Crippen MR) is 132 cm³/mol. The lowest BCUT2D eigenvalue weighted by molar-refractivity contribution is -0.145. The van der Waals surface area contributed by atoms with Crippen LogP contribution in [0.2, 0.25) is 18.1 Å². The minimum absolute atomic E-state index is 0.0957. The molecule has 0 radical (unpaired) electrons. The van der Waals surface area contributed by atoms with E-state index < -0.39 is 30.2 Å². The Morgan fingerprint density at radius 3 is 2.36 bits per heavy atom. The quantitative estimate of drug-likeness (QED) is 0.420. The van der Waals surface area contributed by atoms with Crippen LogP contribution in [-0.2, 0) is 19.6 Å². The van der Waals surface area contributed by atoms with Crippen LogP contribution in [0.3, 0.4) is 0 Å². The van der Waals surface area contributed by atoms with Crippen LogP contribution in [-0.4, -0.2) is 55.8 Å². The Hall–Kier alpha value is -2.56. The number of ether oxygens (including phenoxy) is 1. The summed E-state index contributed by atoms with van der Waals surface area (Å²) >= 11 is 0. The molecule has 1 atom stereocenters. The fraction of sp³-hybridized carbons (Fsp3) is 0.435. The van der Waals surface area contributed by atoms with E-state index in [0.29, 0.717) is 16.5 Å². The zero-order valence-corrected chi connectivity index (χ0v) is 22.2. The minimum Gasteiger partial charge on any atom is -0.451 e. The average Bonchev–Trinajstić information content (AvgIpc) is 3.17. The third kappa shape index (κ3) is 4.60. The van der Waals surface area contributed by atoms with Crippen LogP contribution < -0.4 is 5.45 Å². The van der Waals surface area contributed by atoms with E-state index in [9.17, 15) is 13.2 Å². The summed E-state index contributed by atoms with van der Waals surface area (Å²) in [5.41, 5.74) is 2.24. The zero-order chi connectivity index (χ0) is 24.8. The van der Waals surface area contributed by atoms with Crippen LogP contribution >= 0.6 is 0 Å². The molecule has 0 aliphatic rings. The number of para-hydroxylation sites is 1. The monoisotopic (exact) mass is 488 g/mol. The van der Waals surface area contributed by atoms with Gasteiger partial charge in [-0.15, -0.1) is 0 Å². The number of hydrogen-bond acceptors (Lipinski definition) is 6. The van der Waals surface area contributed by atoms with Crippen molar-refractivity contribution in [2.75, 3.05) is 14.1 Å². The van der Waals surface area contributed by atoms with Gasteiger partial charge in [0.05, 0.1) is 11.0 Å². The molecule has 0 amide bonds. The average molecular weight is 489 g/mol. The highest BCUT2D eigenvalue weighted by atomic mass is 32.2. The standard InChI is InChI=1S/C23H32N4O4SSi/c1-15(28)31-20(17-13-14-24-18-12-10-9-11-16(17)18)19-21(32(29,30)27(5)6)26-22(25-19)33(7,8)23(2,3)4/h9-14,20H,1-8H3,(H,25,26). The number of benzene rings is 1. The number of esters is 1. The summed E-state index contributed by atoms with van der Waals surface area (Å²) < 4.78 is 33.5. The van der Waals surface area contributed by atoms with Crippen LogP contribution in [0.1, 0.15) is 45.1 Å². The second kappa shape index (κ2) is 8.66. The summed E-state index contributed by atoms with van der Waals surface area (Å²) in [7, 11) is -3.25. The number of sulfonamides is 1. The number of aromatic nitrogens is 3. The van der Waals surface area contributed by atoms with Crippen LogP contribution in [0.4, 0.5) is 0 Å². The summed E-state index contributed by atoms with van der Waals surface area (Å²) in [6.07, 6.45) is 0.630. The number of carbonyl (C=O) groups is 1. The first-order chi connectivity index (χ1) is 15.2. The van der Waals surface area contributed by atoms with Gasteiger partial charge >= 0.3 is 5.97 Å². The highest BCUT2D eigenvalue weighted by Crippen LogP contribution is 2.37. The number of nitrogens with one attached hydrogen (secondary N) is 1. The molecule has 2 aromatic heterocycles. The largest absolute Gasteiger partial charge is 0.451 e. The topological polar surface area (TPSA) is 105 Å². The third-order valence-electron chi connectivity index (χ3n) is 6.40. The van der Waals surface area contributed by atoms with E-state index in [0.717, 1.165) is 9.69 Å². The maximum Gasteiger partial charge on any atom is 0.303 e. The summed E-state index contributed by atoms with van der Waals surface area (Å²) in [5, 5.41) is 0.545. The number of rotatable bonds is 6. The molecule has 8 nitrogen and oxygen atoms in total. The van der Waals surface area contributed by atoms with Crippen molar-refractivity contribution in [3.05, 3.63) is 47.8 Å². The van der Waals surface area contributed by atoms with Crippen molar-refractivity contribution in [2.24, 2.45) is 0 Å². The number of nitrogens with zero attached hydrogens (tertiary/aromatic N) is 3. The van der Waals surface area contributed by atoms with E-state index in [2.05, 4.69) is 48.8 Å². The van der Waals surface area contributed by atoms with Crippen LogP contribution in [0, 0.1) is 0 Å². The fourth-order valence-corrected chi connectivity index (χ4v) is 5.98. The summed E-state index contributed by atoms with van der Waals surface area (Å²) in [5.74, 6) is -0.530. The summed E-state index contributed by atoms with van der Waals surface area (Å²) in [6, 6.07) is 9.21. The highest BCUT2D eigenvalue weighted by Gasteiger charge is 2.43. The van der Waals surface area contributed by atoms with E-state index in [1.807, 2.05) is 24.3 Å². The van der Waals surface area contributed by atoms with Crippen molar-refractivity contribution < 1.29 is 17.9 Å². The zero-order valence-electron chi connectivity index (χ0n) is 20.4. The van der Waals surface area contributed by atoms with Gasteiger partial charge in [-0.05, 0) is 17.2 Å². The van der Waals surface area contributed by atoms with Crippen molar-refractivity contribution in [3.8, 4) is 0 Å². The first-order valence-corrected chi connectivity index (χ1v) is 15.2. The van der Waals surface area contributed by atoms with Gasteiger partial charge in [0.25, 0.3) is 10.0 Å². The smallest absolute Gasteiger partial charge is 0.303 e. The van der Waals surface area contributed by atoms with Gasteiger partial charge in [-0.3, -0.25) is 9.78 Å². The number of fused-ring (bicyclic) bond motifs is 1. The van der Waals surface area contributed by atoms with Crippen LogP contribution in [0.25, 0.3) is 10.9 Å². The van der Waals surface area contributed by atoms with Crippen molar-refractivity contribution in [1.82, 2.24) is 19.3 Å². The lowest BCUT2D eigenvalue weighted by Crippen LogP contribution is -2.51. The molecular weight excluding hydrogens is 456 g/mol. The van der Waals surface area contributed by atoms with Crippen LogP contribution in [0.15, 0.2) is 41.6 Å². The number of hydrogen-bond donors (Lipinski definition) is 1. The van der Waals surface area contributed by atoms with E-state index in [4.69, 9.17) is 4.74 Å². The molecule has 1 unspecified atom stereocenters. The molecule has 0 saturated carbocycles. The molecule has 3 aromatic rings. The van der Waals surface area contributed by atoms with Gasteiger partial charge in [-0.1, -0.05) is 52.1 Å². The molecule has 1 aromatic carbocycles. The minimum atomic E-state index is -3.93. The second-order valence-electron chi connectivity index (χ2n) is 9.87. The van der Waals surface area contributed by atoms with Gasteiger partial charge < -0.3 is 9.72 Å². The van der Waals surface area contributed by atoms with Crippen molar-refractivity contribution in [1.29, 1.82) is 0 Å². The Bertz CT molecular complexity index is 1290. The Morgan fingerprint density at radius 1 is 1.15 bits per heavy atom. The molecule has 0 bridgehead atoms. The van der Waals surface area contributed by atoms with E-state index >= 15 is 0 Å². The third-order valence-corrected chi connectivity index (χ3v) is 13.3. The second-order valence-corrected chi connectivity index (χ2v) is 17.2. The van der Waals surface area contributed by atoms with Crippen LogP contribution in [0.5, 0.6) is 0 Å². The molecular formula is C23H32N4O4SSi. The van der Waals surface area contributed by atoms with Gasteiger partial charge in [0.2, 0.25) is 0 Å². The Balaban J connectivity index is 2.37. The summed E-state index contributed by atoms with van der Waals surface area (Å²) in [4.78, 5) is 24.5. The molecule has 33 heavy (non-hydrogen) atoms. The molecule has 0 spiro atoms. The first-order valence-electron chi connectivity index (χ1n) is 10.7. The van der Waals surface area contributed by atoms with Gasteiger partial charge in [0.1, 0.15) is 13.8 Å². The van der Waals surface area contributed by atoms with Gasteiger partial charge in [0, 0.05) is 38.2 Å². The van der Waals surface area contributed by atoms with Crippen molar-refractivity contribution >= 4 is 40.4 Å². The number of carbonyl (C=O) groups excluding carboxylic acids is 1. The lowest BCUT2D eigenvalue weighted by atomic mass is 10.0. The SMILES string of the molecule is CC(=O)OC(c1[nH]c([Si](C)(C)C(C)(C)C)nc1S(=O)(=O)N(C)C)c1ccnc2ccccc12. The summed E-state index contributed by atoms with van der Waals surface area (Å²) in [6.45, 7) is 12.0. The molecule has 1 N–H and O–H groups in total. The van der Waals surface area contributed by atoms with E-state index in [-0.39, 0.29) is 15.8 Å². The number of aromatic amines is 1. The molecule has 0 fully saturated rings. The number of H-pyrrole nitrogens is 1. The number of imidazole rings is 1. The molecule has 0 aliphatic carbocycles. The Morgan fingerprint density at radius 2 is 1.79 bits per heavy atom. The first kappa shape index (κ1) is 25.1. The van der Waals surface area contributed by atoms with Gasteiger partial charge in [0.15, 0.2) is 11.1 Å². The normalized spacial score (nSPS) is 14.0. The molecule has 0 aliphatic heterocycles. The van der Waals surface area contributed by atoms with E-state index in [1.54, 1.807) is 12.3 Å². The maximum atomic E-state index is 13.3. The molecule has 2 heterocycles. The Kier molecular flexibility index (Phi) is 6.58. The lowest BCUT2D eigenvalue weighted by Gasteiger charge is -2.34. The van der Waals surface area contributed by atoms with Crippen molar-refractivity contribution in [2.45, 2.75) is 57.0 Å². The predicted octanol–water partition coefficient (Wildman–Crippen LogP) is 3.58. The highest BCUT2D eigenvalue weighted by molar-refractivity contribution is 7.89. The molecule has 3 rings (SSSR count). The van der Waals surface area contributed by atoms with Crippen molar-refractivity contribution in [3.63, 3.8) is 0 Å². The molecule has 178 valence electrons. The fourth-order valence-electron chi connectivity index (χ4n) is 3.36.